The molecule has 2 unspecified atom stereocenters. The van der Waals surface area contributed by atoms with E-state index < -0.39 is 0 Å². The molecule has 1 heterocycles. The third kappa shape index (κ3) is 4.66. The fourth-order valence-electron chi connectivity index (χ4n) is 5.39. The summed E-state index contributed by atoms with van der Waals surface area (Å²) >= 11 is 0. The first-order valence-corrected chi connectivity index (χ1v) is 11.2. The molecule has 2 atom stereocenters. The lowest BCUT2D eigenvalue weighted by Crippen LogP contribution is -2.42. The summed E-state index contributed by atoms with van der Waals surface area (Å²) in [6.45, 7) is 4.85. The van der Waals surface area contributed by atoms with E-state index in [1.165, 1.54) is 81.8 Å². The predicted octanol–water partition coefficient (Wildman–Crippen LogP) is 6.47. The molecule has 1 saturated heterocycles. The highest BCUT2D eigenvalue weighted by molar-refractivity contribution is 5.84. The topological polar surface area (TPSA) is 23.5 Å². The van der Waals surface area contributed by atoms with Crippen LogP contribution in [0.2, 0.25) is 0 Å². The summed E-state index contributed by atoms with van der Waals surface area (Å²) in [6, 6.07) is 13.2. The number of aromatic hydroxyl groups is 1. The molecule has 0 bridgehead atoms. The van der Waals surface area contributed by atoms with Crippen LogP contribution in [0, 0.1) is 5.92 Å². The van der Waals surface area contributed by atoms with E-state index >= 15 is 0 Å². The van der Waals surface area contributed by atoms with Gasteiger partial charge in [0, 0.05) is 12.6 Å². The summed E-state index contributed by atoms with van der Waals surface area (Å²) < 4.78 is 0. The maximum absolute atomic E-state index is 9.68. The van der Waals surface area contributed by atoms with Crippen molar-refractivity contribution in [2.24, 2.45) is 5.92 Å². The number of phenols is 1. The molecule has 27 heavy (non-hydrogen) atoms. The highest BCUT2D eigenvalue weighted by atomic mass is 16.3. The van der Waals surface area contributed by atoms with Crippen LogP contribution in [0.1, 0.15) is 76.2 Å². The predicted molar refractivity (Wildman–Crippen MR) is 114 cm³/mol. The molecule has 146 valence electrons. The van der Waals surface area contributed by atoms with Crippen LogP contribution in [0.4, 0.5) is 0 Å². The first kappa shape index (κ1) is 18.8. The van der Waals surface area contributed by atoms with Gasteiger partial charge >= 0.3 is 0 Å². The second kappa shape index (κ2) is 8.65. The van der Waals surface area contributed by atoms with Crippen molar-refractivity contribution in [2.75, 3.05) is 13.1 Å². The van der Waals surface area contributed by atoms with Gasteiger partial charge in [-0.1, -0.05) is 69.7 Å². The molecule has 2 fully saturated rings. The molecule has 2 aliphatic rings. The molecule has 2 aromatic carbocycles. The van der Waals surface area contributed by atoms with Crippen molar-refractivity contribution in [2.45, 2.75) is 76.7 Å². The van der Waals surface area contributed by atoms with E-state index in [1.54, 1.807) is 6.07 Å². The van der Waals surface area contributed by atoms with Crippen molar-refractivity contribution in [3.63, 3.8) is 0 Å². The zero-order valence-corrected chi connectivity index (χ0v) is 16.9. The lowest BCUT2D eigenvalue weighted by Gasteiger charge is -2.39. The fourth-order valence-corrected chi connectivity index (χ4v) is 5.39. The molecule has 1 saturated carbocycles. The van der Waals surface area contributed by atoms with Gasteiger partial charge in [-0.15, -0.1) is 0 Å². The van der Waals surface area contributed by atoms with Crippen molar-refractivity contribution in [3.8, 4) is 5.75 Å². The van der Waals surface area contributed by atoms with E-state index in [0.717, 1.165) is 17.3 Å². The van der Waals surface area contributed by atoms with E-state index in [4.69, 9.17) is 0 Å². The van der Waals surface area contributed by atoms with Crippen molar-refractivity contribution in [1.29, 1.82) is 0 Å². The minimum absolute atomic E-state index is 0.349. The molecule has 4 rings (SSSR count). The Morgan fingerprint density at radius 3 is 2.52 bits per heavy atom. The average Bonchev–Trinajstić information content (AvgIpc) is 2.70. The molecule has 2 aromatic rings. The lowest BCUT2D eigenvalue weighted by molar-refractivity contribution is 0.111. The Morgan fingerprint density at radius 2 is 1.67 bits per heavy atom. The van der Waals surface area contributed by atoms with Gasteiger partial charge in [0.05, 0.1) is 0 Å². The van der Waals surface area contributed by atoms with Crippen LogP contribution < -0.4 is 0 Å². The third-order valence-electron chi connectivity index (χ3n) is 7.00. The Hall–Kier alpha value is -1.54. The van der Waals surface area contributed by atoms with Gasteiger partial charge in [0.1, 0.15) is 5.75 Å². The van der Waals surface area contributed by atoms with E-state index in [1.807, 2.05) is 12.1 Å². The van der Waals surface area contributed by atoms with Crippen LogP contribution in [0.25, 0.3) is 10.8 Å². The van der Waals surface area contributed by atoms with Crippen LogP contribution in [0.5, 0.6) is 5.75 Å². The molecule has 1 N–H and O–H groups in total. The Balaban J connectivity index is 1.43. The first-order valence-electron chi connectivity index (χ1n) is 11.2. The van der Waals surface area contributed by atoms with Crippen molar-refractivity contribution < 1.29 is 5.11 Å². The molecule has 1 aliphatic heterocycles. The monoisotopic (exact) mass is 365 g/mol. The second-order valence-corrected chi connectivity index (χ2v) is 9.08. The van der Waals surface area contributed by atoms with Crippen LogP contribution in [0.3, 0.4) is 0 Å². The van der Waals surface area contributed by atoms with Crippen molar-refractivity contribution in [3.05, 3.63) is 42.0 Å². The van der Waals surface area contributed by atoms with Gasteiger partial charge in [0.2, 0.25) is 0 Å². The summed E-state index contributed by atoms with van der Waals surface area (Å²) in [5.74, 6) is 1.88. The molecule has 1 aliphatic carbocycles. The van der Waals surface area contributed by atoms with Gasteiger partial charge in [-0.3, -0.25) is 4.90 Å². The molecule has 0 amide bonds. The third-order valence-corrected chi connectivity index (χ3v) is 7.00. The quantitative estimate of drug-likeness (QED) is 0.656. The van der Waals surface area contributed by atoms with E-state index in [9.17, 15) is 5.11 Å². The molecule has 2 nitrogen and oxygen atoms in total. The summed E-state index contributed by atoms with van der Waals surface area (Å²) in [6.07, 6.45) is 12.9. The summed E-state index contributed by atoms with van der Waals surface area (Å²) in [5, 5.41) is 12.0. The Kier molecular flexibility index (Phi) is 6.02. The minimum atomic E-state index is 0.349. The first-order chi connectivity index (χ1) is 13.2. The van der Waals surface area contributed by atoms with Gasteiger partial charge in [0.25, 0.3) is 0 Å². The fraction of sp³-hybridized carbons (Fsp3) is 0.600. The zero-order chi connectivity index (χ0) is 18.6. The van der Waals surface area contributed by atoms with E-state index in [-0.39, 0.29) is 0 Å². The summed E-state index contributed by atoms with van der Waals surface area (Å²) in [5.41, 5.74) is 1.43. The molecule has 2 heteroatoms. The number of rotatable bonds is 5. The van der Waals surface area contributed by atoms with Crippen LogP contribution in [0.15, 0.2) is 36.4 Å². The molecule has 0 spiro atoms. The maximum Gasteiger partial charge on any atom is 0.116 e. The van der Waals surface area contributed by atoms with Crippen LogP contribution in [-0.2, 0) is 0 Å². The largest absolute Gasteiger partial charge is 0.508 e. The van der Waals surface area contributed by atoms with Crippen molar-refractivity contribution in [1.82, 2.24) is 4.90 Å². The number of likely N-dealkylation sites (tertiary alicyclic amines) is 1. The number of piperidine rings is 1. The van der Waals surface area contributed by atoms with Gasteiger partial charge in [0.15, 0.2) is 0 Å². The Labute approximate surface area is 164 Å². The number of phenolic OH excluding ortho intramolecular Hbond substituents is 1. The van der Waals surface area contributed by atoms with Crippen LogP contribution in [-0.4, -0.2) is 29.1 Å². The standard InChI is InChI=1S/C25H35NO/c1-19(21-10-11-23-17-25(27)13-12-22(23)16-21)18-26-14-6-5-9-24(26)15-20-7-3-2-4-8-20/h10-13,16-17,19-20,24,27H,2-9,14-15,18H2,1H3. The Bertz CT molecular complexity index is 749. The van der Waals surface area contributed by atoms with E-state index in [2.05, 4.69) is 30.0 Å². The normalized spacial score (nSPS) is 23.5. The highest BCUT2D eigenvalue weighted by Crippen LogP contribution is 2.33. The second-order valence-electron chi connectivity index (χ2n) is 9.08. The van der Waals surface area contributed by atoms with Gasteiger partial charge in [-0.25, -0.2) is 0 Å². The SMILES string of the molecule is CC(CN1CCCCC1CC1CCCCC1)c1ccc2cc(O)ccc2c1. The molecular formula is C25H35NO. The van der Waals surface area contributed by atoms with E-state index in [0.29, 0.717) is 11.7 Å². The molecular weight excluding hydrogens is 330 g/mol. The summed E-state index contributed by atoms with van der Waals surface area (Å²) in [7, 11) is 0. The minimum Gasteiger partial charge on any atom is -0.508 e. The number of fused-ring (bicyclic) bond motifs is 1. The number of benzene rings is 2. The van der Waals surface area contributed by atoms with Gasteiger partial charge in [-0.2, -0.15) is 0 Å². The molecule has 0 radical (unpaired) electrons. The average molecular weight is 366 g/mol. The molecule has 0 aromatic heterocycles. The lowest BCUT2D eigenvalue weighted by atomic mass is 9.82. The number of hydrogen-bond donors (Lipinski definition) is 1. The van der Waals surface area contributed by atoms with Gasteiger partial charge < -0.3 is 5.11 Å². The zero-order valence-electron chi connectivity index (χ0n) is 16.9. The number of nitrogens with zero attached hydrogens (tertiary/aromatic N) is 1. The highest BCUT2D eigenvalue weighted by Gasteiger charge is 2.27. The number of hydrogen-bond acceptors (Lipinski definition) is 2. The summed E-state index contributed by atoms with van der Waals surface area (Å²) in [4.78, 5) is 2.81. The Morgan fingerprint density at radius 1 is 0.926 bits per heavy atom. The van der Waals surface area contributed by atoms with Gasteiger partial charge in [-0.05, 0) is 66.1 Å². The van der Waals surface area contributed by atoms with Crippen LogP contribution >= 0.6 is 0 Å². The van der Waals surface area contributed by atoms with Crippen molar-refractivity contribution >= 4 is 10.8 Å². The smallest absolute Gasteiger partial charge is 0.116 e. The maximum atomic E-state index is 9.68.